The van der Waals surface area contributed by atoms with Crippen molar-refractivity contribution >= 4 is 45.2 Å². The zero-order chi connectivity index (χ0) is 10.0. The molecule has 13 heavy (non-hydrogen) atoms. The molecule has 0 atom stereocenters. The highest BCUT2D eigenvalue weighted by Crippen LogP contribution is 2.30. The first kappa shape index (κ1) is 11.3. The maximum absolute atomic E-state index is 12.4. The molecule has 0 aliphatic heterocycles. The smallest absolute Gasteiger partial charge is 0.281 e. The highest BCUT2D eigenvalue weighted by atomic mass is 127. The summed E-state index contributed by atoms with van der Waals surface area (Å²) in [7, 11) is 1.45. The summed E-state index contributed by atoms with van der Waals surface area (Å²) >= 11 is 3.68. The topological polar surface area (TPSA) is 22.1 Å². The molecule has 1 rings (SSSR count). The second kappa shape index (κ2) is 4.67. The van der Waals surface area contributed by atoms with E-state index in [-0.39, 0.29) is 5.69 Å². The summed E-state index contributed by atoms with van der Waals surface area (Å²) in [6, 6.07) is 1.62. The zero-order valence-corrected chi connectivity index (χ0v) is 10.8. The van der Waals surface area contributed by atoms with Crippen molar-refractivity contribution in [1.82, 2.24) is 4.98 Å². The highest BCUT2D eigenvalue weighted by molar-refractivity contribution is 14.1. The fourth-order valence-electron chi connectivity index (χ4n) is 0.787. The molecule has 72 valence electrons. The van der Waals surface area contributed by atoms with Gasteiger partial charge in [-0.3, -0.25) is 0 Å². The third-order valence-electron chi connectivity index (χ3n) is 1.35. The number of alkyl halides is 2. The molecular weight excluding hydrogens is 406 g/mol. The van der Waals surface area contributed by atoms with E-state index < -0.39 is 6.43 Å². The van der Waals surface area contributed by atoms with Gasteiger partial charge in [-0.25, -0.2) is 13.8 Å². The van der Waals surface area contributed by atoms with Crippen LogP contribution in [0.3, 0.4) is 0 Å². The third-order valence-corrected chi connectivity index (χ3v) is 2.98. The van der Waals surface area contributed by atoms with E-state index in [4.69, 9.17) is 4.74 Å². The molecule has 1 aromatic heterocycles. The number of rotatable bonds is 2. The number of nitrogens with zero attached hydrogens (tertiary/aromatic N) is 1. The lowest BCUT2D eigenvalue weighted by molar-refractivity contribution is 0.144. The number of halogens is 4. The van der Waals surface area contributed by atoms with Crippen LogP contribution in [0.2, 0.25) is 0 Å². The predicted octanol–water partition coefficient (Wildman–Crippen LogP) is 3.24. The predicted molar refractivity (Wildman–Crippen MR) is 61.2 cm³/mol. The van der Waals surface area contributed by atoms with Crippen LogP contribution in [-0.4, -0.2) is 12.1 Å². The first-order chi connectivity index (χ1) is 6.06. The van der Waals surface area contributed by atoms with Crippen LogP contribution in [0.25, 0.3) is 0 Å². The lowest BCUT2D eigenvalue weighted by Crippen LogP contribution is -2.00. The summed E-state index contributed by atoms with van der Waals surface area (Å²) < 4.78 is 30.6. The molecule has 0 bridgehead atoms. The van der Waals surface area contributed by atoms with Crippen LogP contribution < -0.4 is 4.74 Å². The summed E-state index contributed by atoms with van der Waals surface area (Å²) in [5, 5.41) is 0. The Bertz CT molecular complexity index is 320. The number of pyridine rings is 1. The number of aromatic nitrogens is 1. The average molecular weight is 411 g/mol. The average Bonchev–Trinajstić information content (AvgIpc) is 2.08. The van der Waals surface area contributed by atoms with Gasteiger partial charge in [0, 0.05) is 6.07 Å². The molecule has 0 aliphatic carbocycles. The number of hydrogen-bond donors (Lipinski definition) is 0. The van der Waals surface area contributed by atoms with E-state index >= 15 is 0 Å². The van der Waals surface area contributed by atoms with E-state index in [1.54, 1.807) is 28.7 Å². The Morgan fingerprint density at radius 3 is 2.54 bits per heavy atom. The minimum atomic E-state index is -2.56. The molecule has 0 N–H and O–H groups in total. The Labute approximate surface area is 101 Å². The van der Waals surface area contributed by atoms with Crippen LogP contribution in [0.5, 0.6) is 5.75 Å². The molecule has 0 spiro atoms. The zero-order valence-electron chi connectivity index (χ0n) is 6.52. The minimum Gasteiger partial charge on any atom is -0.495 e. The Morgan fingerprint density at radius 1 is 1.46 bits per heavy atom. The van der Waals surface area contributed by atoms with Gasteiger partial charge in [0.25, 0.3) is 6.43 Å². The second-order valence-corrected chi connectivity index (χ2v) is 4.33. The molecule has 1 heterocycles. The van der Waals surface area contributed by atoms with Gasteiger partial charge in [0.05, 0.1) is 10.7 Å². The van der Waals surface area contributed by atoms with Crippen molar-refractivity contribution in [3.8, 4) is 5.75 Å². The van der Waals surface area contributed by atoms with Crippen molar-refractivity contribution in [2.45, 2.75) is 6.43 Å². The van der Waals surface area contributed by atoms with Gasteiger partial charge in [-0.05, 0) is 45.2 Å². The molecule has 2 nitrogen and oxygen atoms in total. The van der Waals surface area contributed by atoms with Gasteiger partial charge in [-0.1, -0.05) is 0 Å². The van der Waals surface area contributed by atoms with Crippen LogP contribution >= 0.6 is 45.2 Å². The van der Waals surface area contributed by atoms with Crippen molar-refractivity contribution in [1.29, 1.82) is 0 Å². The van der Waals surface area contributed by atoms with Gasteiger partial charge in [0.15, 0.2) is 0 Å². The molecule has 6 heteroatoms. The van der Waals surface area contributed by atoms with Gasteiger partial charge in [-0.15, -0.1) is 0 Å². The Kier molecular flexibility index (Phi) is 4.07. The van der Waals surface area contributed by atoms with Crippen molar-refractivity contribution in [2.75, 3.05) is 7.11 Å². The molecule has 0 radical (unpaired) electrons. The van der Waals surface area contributed by atoms with Crippen LogP contribution in [0, 0.1) is 7.27 Å². The molecule has 0 aromatic carbocycles. The molecule has 0 saturated heterocycles. The van der Waals surface area contributed by atoms with Crippen LogP contribution in [-0.2, 0) is 0 Å². The summed E-state index contributed by atoms with van der Waals surface area (Å²) in [5.41, 5.74) is -0.218. The van der Waals surface area contributed by atoms with E-state index in [0.717, 1.165) is 0 Å². The SMILES string of the molecule is COc1cc(I)nc(C(F)F)c1I. The van der Waals surface area contributed by atoms with Gasteiger partial charge in [0.1, 0.15) is 15.1 Å². The van der Waals surface area contributed by atoms with E-state index in [2.05, 4.69) is 4.98 Å². The Balaban J connectivity index is 3.27. The van der Waals surface area contributed by atoms with Gasteiger partial charge in [0.2, 0.25) is 0 Å². The monoisotopic (exact) mass is 411 g/mol. The van der Waals surface area contributed by atoms with Gasteiger partial charge in [-0.2, -0.15) is 0 Å². The fraction of sp³-hybridized carbons (Fsp3) is 0.286. The highest BCUT2D eigenvalue weighted by Gasteiger charge is 2.17. The summed E-state index contributed by atoms with van der Waals surface area (Å²) in [5.74, 6) is 0.440. The second-order valence-electron chi connectivity index (χ2n) is 2.15. The van der Waals surface area contributed by atoms with Crippen molar-refractivity contribution in [3.63, 3.8) is 0 Å². The quantitative estimate of drug-likeness (QED) is 0.551. The fourth-order valence-corrected chi connectivity index (χ4v) is 2.06. The maximum Gasteiger partial charge on any atom is 0.281 e. The normalized spacial score (nSPS) is 10.6. The Hall–Kier alpha value is 0.270. The molecule has 0 saturated carbocycles. The molecule has 0 unspecified atom stereocenters. The molecule has 0 aliphatic rings. The van der Waals surface area contributed by atoms with E-state index in [0.29, 0.717) is 13.0 Å². The summed E-state index contributed by atoms with van der Waals surface area (Å²) in [6.07, 6.45) is -2.56. The molecule has 0 amide bonds. The molecule has 0 fully saturated rings. The first-order valence-corrected chi connectivity index (χ1v) is 5.40. The molecule has 1 aromatic rings. The first-order valence-electron chi connectivity index (χ1n) is 3.24. The minimum absolute atomic E-state index is 0.218. The van der Waals surface area contributed by atoms with Crippen molar-refractivity contribution < 1.29 is 13.5 Å². The van der Waals surface area contributed by atoms with Crippen molar-refractivity contribution in [2.24, 2.45) is 0 Å². The van der Waals surface area contributed by atoms with E-state index in [1.807, 2.05) is 22.6 Å². The van der Waals surface area contributed by atoms with Crippen LogP contribution in [0.4, 0.5) is 8.78 Å². The van der Waals surface area contributed by atoms with E-state index in [9.17, 15) is 8.78 Å². The molecular formula is C7H5F2I2NO. The summed E-state index contributed by atoms with van der Waals surface area (Å²) in [6.45, 7) is 0. The van der Waals surface area contributed by atoms with Crippen LogP contribution in [0.15, 0.2) is 6.07 Å². The largest absolute Gasteiger partial charge is 0.495 e. The van der Waals surface area contributed by atoms with Crippen molar-refractivity contribution in [3.05, 3.63) is 19.0 Å². The van der Waals surface area contributed by atoms with Gasteiger partial charge >= 0.3 is 0 Å². The number of ether oxygens (including phenoxy) is 1. The summed E-state index contributed by atoms with van der Waals surface area (Å²) in [4.78, 5) is 3.73. The van der Waals surface area contributed by atoms with Crippen LogP contribution in [0.1, 0.15) is 12.1 Å². The lowest BCUT2D eigenvalue weighted by atomic mass is 10.3. The number of methoxy groups -OCH3 is 1. The van der Waals surface area contributed by atoms with Gasteiger partial charge < -0.3 is 4.74 Å². The standard InChI is InChI=1S/C7H5F2I2NO/c1-13-3-2-4(10)12-6(5(3)11)7(8)9/h2,7H,1H3. The number of hydrogen-bond acceptors (Lipinski definition) is 2. The lowest BCUT2D eigenvalue weighted by Gasteiger charge is -2.07. The third kappa shape index (κ3) is 2.61. The Morgan fingerprint density at radius 2 is 2.08 bits per heavy atom. The van der Waals surface area contributed by atoms with E-state index in [1.165, 1.54) is 7.11 Å². The maximum atomic E-state index is 12.4.